The van der Waals surface area contributed by atoms with Gasteiger partial charge in [0.25, 0.3) is 0 Å². The first kappa shape index (κ1) is 9.30. The summed E-state index contributed by atoms with van der Waals surface area (Å²) in [5.74, 6) is 5.93. The van der Waals surface area contributed by atoms with E-state index >= 15 is 0 Å². The predicted octanol–water partition coefficient (Wildman–Crippen LogP) is 2.91. The monoisotopic (exact) mass is 186 g/mol. The minimum atomic E-state index is 0.318. The van der Waals surface area contributed by atoms with Crippen LogP contribution in [0.4, 0.5) is 0 Å². The average molecular weight is 186 g/mol. The molecule has 0 spiro atoms. The van der Waals surface area contributed by atoms with Crippen LogP contribution in [0.2, 0.25) is 0 Å². The summed E-state index contributed by atoms with van der Waals surface area (Å²) >= 11 is 0. The molecule has 72 valence electrons. The van der Waals surface area contributed by atoms with Crippen LogP contribution < -0.4 is 0 Å². The predicted molar refractivity (Wildman–Crippen MR) is 56.9 cm³/mol. The molecular formula is C13H14O. The lowest BCUT2D eigenvalue weighted by molar-refractivity contribution is 0.112. The van der Waals surface area contributed by atoms with Crippen molar-refractivity contribution >= 4 is 0 Å². The maximum atomic E-state index is 5.60. The third-order valence-electron chi connectivity index (χ3n) is 2.48. The molecule has 1 aliphatic heterocycles. The normalized spacial score (nSPS) is 20.2. The van der Waals surface area contributed by atoms with Crippen molar-refractivity contribution in [3.8, 4) is 11.8 Å². The highest BCUT2D eigenvalue weighted by Gasteiger charge is 2.16. The van der Waals surface area contributed by atoms with Gasteiger partial charge in [-0.3, -0.25) is 0 Å². The summed E-state index contributed by atoms with van der Waals surface area (Å²) in [6.07, 6.45) is 2.65. The molecule has 0 aliphatic carbocycles. The molecule has 0 N–H and O–H groups in total. The van der Waals surface area contributed by atoms with Crippen LogP contribution in [0.15, 0.2) is 24.3 Å². The van der Waals surface area contributed by atoms with Crippen molar-refractivity contribution in [2.75, 3.05) is 6.61 Å². The van der Waals surface area contributed by atoms with Crippen LogP contribution >= 0.6 is 0 Å². The van der Waals surface area contributed by atoms with Crippen molar-refractivity contribution in [2.45, 2.75) is 25.9 Å². The zero-order chi connectivity index (χ0) is 9.80. The number of hydrogen-bond acceptors (Lipinski definition) is 1. The van der Waals surface area contributed by atoms with Crippen molar-refractivity contribution in [1.29, 1.82) is 0 Å². The topological polar surface area (TPSA) is 9.23 Å². The third kappa shape index (κ3) is 1.97. The summed E-state index contributed by atoms with van der Waals surface area (Å²) in [5.41, 5.74) is 2.36. The molecule has 0 saturated carbocycles. The van der Waals surface area contributed by atoms with E-state index in [1.165, 1.54) is 12.0 Å². The lowest BCUT2D eigenvalue weighted by atomic mass is 10.1. The van der Waals surface area contributed by atoms with Crippen LogP contribution in [-0.2, 0) is 4.74 Å². The molecule has 1 nitrogen and oxygen atoms in total. The molecular weight excluding hydrogens is 172 g/mol. The quantitative estimate of drug-likeness (QED) is 0.613. The van der Waals surface area contributed by atoms with Gasteiger partial charge in [0, 0.05) is 12.2 Å². The molecule has 0 unspecified atom stereocenters. The lowest BCUT2D eigenvalue weighted by Gasteiger charge is -2.08. The van der Waals surface area contributed by atoms with E-state index in [9.17, 15) is 0 Å². The maximum Gasteiger partial charge on any atom is 0.0825 e. The summed E-state index contributed by atoms with van der Waals surface area (Å²) < 4.78 is 5.60. The maximum absolute atomic E-state index is 5.60. The third-order valence-corrected chi connectivity index (χ3v) is 2.48. The molecule has 0 aromatic heterocycles. The van der Waals surface area contributed by atoms with Crippen molar-refractivity contribution in [2.24, 2.45) is 0 Å². The highest BCUT2D eigenvalue weighted by molar-refractivity contribution is 5.36. The van der Waals surface area contributed by atoms with E-state index in [-0.39, 0.29) is 0 Å². The van der Waals surface area contributed by atoms with Gasteiger partial charge >= 0.3 is 0 Å². The fraction of sp³-hybridized carbons (Fsp3) is 0.385. The Kier molecular flexibility index (Phi) is 2.86. The van der Waals surface area contributed by atoms with E-state index in [0.717, 1.165) is 18.6 Å². The number of hydrogen-bond donors (Lipinski definition) is 0. The summed E-state index contributed by atoms with van der Waals surface area (Å²) in [4.78, 5) is 0. The zero-order valence-corrected chi connectivity index (χ0v) is 8.42. The molecule has 1 aromatic rings. The molecule has 1 heteroatoms. The molecule has 0 amide bonds. The van der Waals surface area contributed by atoms with Crippen LogP contribution in [0, 0.1) is 11.8 Å². The van der Waals surface area contributed by atoms with Gasteiger partial charge in [0.15, 0.2) is 0 Å². The first-order valence-corrected chi connectivity index (χ1v) is 5.04. The van der Waals surface area contributed by atoms with Gasteiger partial charge in [-0.05, 0) is 37.5 Å². The smallest absolute Gasteiger partial charge is 0.0825 e. The first-order chi connectivity index (χ1) is 6.90. The molecule has 14 heavy (non-hydrogen) atoms. The second kappa shape index (κ2) is 4.30. The zero-order valence-electron chi connectivity index (χ0n) is 8.42. The molecule has 0 bridgehead atoms. The van der Waals surface area contributed by atoms with E-state index in [1.807, 2.05) is 6.92 Å². The van der Waals surface area contributed by atoms with Gasteiger partial charge in [-0.1, -0.05) is 18.1 Å². The standard InChI is InChI=1S/C13H14O/c1-2-4-11-6-8-12(9-7-11)13-5-3-10-14-13/h6-9,13H,3,5,10H2,1H3/t13-/m1/s1. The van der Waals surface area contributed by atoms with Crippen molar-refractivity contribution in [3.63, 3.8) is 0 Å². The summed E-state index contributed by atoms with van der Waals surface area (Å²) in [7, 11) is 0. The lowest BCUT2D eigenvalue weighted by Crippen LogP contribution is -1.94. The average Bonchev–Trinajstić information content (AvgIpc) is 2.72. The minimum absolute atomic E-state index is 0.318. The van der Waals surface area contributed by atoms with Gasteiger partial charge in [-0.15, -0.1) is 5.92 Å². The summed E-state index contributed by atoms with van der Waals surface area (Å²) in [6, 6.07) is 8.37. The Labute approximate surface area is 85.1 Å². The van der Waals surface area contributed by atoms with E-state index in [0.29, 0.717) is 6.10 Å². The van der Waals surface area contributed by atoms with Crippen LogP contribution in [0.25, 0.3) is 0 Å². The molecule has 1 heterocycles. The highest BCUT2D eigenvalue weighted by atomic mass is 16.5. The minimum Gasteiger partial charge on any atom is -0.374 e. The fourth-order valence-corrected chi connectivity index (χ4v) is 1.77. The number of ether oxygens (including phenoxy) is 1. The molecule has 1 saturated heterocycles. The Morgan fingerprint density at radius 2 is 2.07 bits per heavy atom. The molecule has 1 fully saturated rings. The molecule has 1 aromatic carbocycles. The summed E-state index contributed by atoms with van der Waals surface area (Å²) in [5, 5.41) is 0. The fourth-order valence-electron chi connectivity index (χ4n) is 1.77. The second-order valence-corrected chi connectivity index (χ2v) is 3.50. The van der Waals surface area contributed by atoms with Gasteiger partial charge in [-0.25, -0.2) is 0 Å². The van der Waals surface area contributed by atoms with Crippen LogP contribution in [0.1, 0.15) is 37.0 Å². The van der Waals surface area contributed by atoms with Crippen molar-refractivity contribution < 1.29 is 4.74 Å². The van der Waals surface area contributed by atoms with E-state index < -0.39 is 0 Å². The van der Waals surface area contributed by atoms with E-state index in [1.54, 1.807) is 0 Å². The van der Waals surface area contributed by atoms with Gasteiger partial charge in [0.2, 0.25) is 0 Å². The van der Waals surface area contributed by atoms with Crippen LogP contribution in [0.3, 0.4) is 0 Å². The molecule has 1 aliphatic rings. The molecule has 1 atom stereocenters. The van der Waals surface area contributed by atoms with Gasteiger partial charge in [0.05, 0.1) is 6.10 Å². The molecule has 2 rings (SSSR count). The largest absolute Gasteiger partial charge is 0.374 e. The van der Waals surface area contributed by atoms with E-state index in [4.69, 9.17) is 4.74 Å². The van der Waals surface area contributed by atoms with Crippen LogP contribution in [-0.4, -0.2) is 6.61 Å². The van der Waals surface area contributed by atoms with Crippen LogP contribution in [0.5, 0.6) is 0 Å². The Hall–Kier alpha value is -1.26. The van der Waals surface area contributed by atoms with Gasteiger partial charge < -0.3 is 4.74 Å². The molecule has 0 radical (unpaired) electrons. The first-order valence-electron chi connectivity index (χ1n) is 5.04. The highest BCUT2D eigenvalue weighted by Crippen LogP contribution is 2.28. The summed E-state index contributed by atoms with van der Waals surface area (Å²) in [6.45, 7) is 2.76. The van der Waals surface area contributed by atoms with E-state index in [2.05, 4.69) is 36.1 Å². The van der Waals surface area contributed by atoms with Crippen molar-refractivity contribution in [1.82, 2.24) is 0 Å². The van der Waals surface area contributed by atoms with Gasteiger partial charge in [-0.2, -0.15) is 0 Å². The Morgan fingerprint density at radius 3 is 2.64 bits per heavy atom. The SMILES string of the molecule is CC#Cc1ccc([C@H]2CCCO2)cc1. The Morgan fingerprint density at radius 1 is 1.29 bits per heavy atom. The number of rotatable bonds is 1. The second-order valence-electron chi connectivity index (χ2n) is 3.50. The number of benzene rings is 1. The Bertz CT molecular complexity index is 347. The van der Waals surface area contributed by atoms with Gasteiger partial charge in [0.1, 0.15) is 0 Å². The van der Waals surface area contributed by atoms with Crippen molar-refractivity contribution in [3.05, 3.63) is 35.4 Å². The Balaban J connectivity index is 2.15.